The van der Waals surface area contributed by atoms with Gasteiger partial charge in [0.15, 0.2) is 10.8 Å². The van der Waals surface area contributed by atoms with Gasteiger partial charge in [-0.25, -0.2) is 9.37 Å². The van der Waals surface area contributed by atoms with Gasteiger partial charge in [-0.3, -0.25) is 14.5 Å². The monoisotopic (exact) mass is 477 g/mol. The normalized spacial score (nSPS) is 17.2. The maximum Gasteiger partial charge on any atom is 0.419 e. The van der Waals surface area contributed by atoms with Crippen LogP contribution in [-0.4, -0.2) is 34.5 Å². The highest BCUT2D eigenvalue weighted by Gasteiger charge is 2.60. The van der Waals surface area contributed by atoms with Crippen molar-refractivity contribution >= 4 is 40.5 Å². The Hall–Kier alpha value is -3.59. The lowest BCUT2D eigenvalue weighted by Gasteiger charge is -2.43. The number of hydrogen-bond donors (Lipinski definition) is 1. The summed E-state index contributed by atoms with van der Waals surface area (Å²) in [6.45, 7) is 0. The van der Waals surface area contributed by atoms with Gasteiger partial charge in [0.1, 0.15) is 17.4 Å². The minimum Gasteiger partial charge on any atom is -0.355 e. The highest BCUT2D eigenvalue weighted by molar-refractivity contribution is 7.81. The molecule has 7 nitrogen and oxygen atoms in total. The van der Waals surface area contributed by atoms with E-state index in [2.05, 4.69) is 10.3 Å². The summed E-state index contributed by atoms with van der Waals surface area (Å²) < 4.78 is 55.3. The second kappa shape index (κ2) is 7.77. The van der Waals surface area contributed by atoms with Crippen molar-refractivity contribution in [3.05, 3.63) is 53.1 Å². The van der Waals surface area contributed by atoms with Crippen molar-refractivity contribution in [3.8, 4) is 6.07 Å². The molecule has 1 N–H and O–H groups in total. The fourth-order valence-corrected chi connectivity index (χ4v) is 4.50. The number of nitrogens with zero attached hydrogens (tertiary/aromatic N) is 4. The molecule has 2 heterocycles. The lowest BCUT2D eigenvalue weighted by Crippen LogP contribution is -2.55. The zero-order valence-corrected chi connectivity index (χ0v) is 17.9. The molecule has 2 fully saturated rings. The molecule has 1 saturated heterocycles. The fourth-order valence-electron chi connectivity index (χ4n) is 4.04. The second-order valence-electron chi connectivity index (χ2n) is 7.59. The zero-order valence-electron chi connectivity index (χ0n) is 17.0. The van der Waals surface area contributed by atoms with E-state index in [9.17, 15) is 22.8 Å². The molecule has 1 aromatic carbocycles. The molecule has 12 heteroatoms. The van der Waals surface area contributed by atoms with E-state index in [0.717, 1.165) is 17.2 Å². The molecule has 170 valence electrons. The van der Waals surface area contributed by atoms with Gasteiger partial charge >= 0.3 is 6.18 Å². The average Bonchev–Trinajstić information content (AvgIpc) is 2.98. The predicted octanol–water partition coefficient (Wildman–Crippen LogP) is 3.53. The lowest BCUT2D eigenvalue weighted by atomic mass is 9.75. The number of amides is 2. The van der Waals surface area contributed by atoms with Crippen molar-refractivity contribution in [3.63, 3.8) is 0 Å². The Morgan fingerprint density at radius 1 is 1.30 bits per heavy atom. The van der Waals surface area contributed by atoms with Gasteiger partial charge in [-0.05, 0) is 55.7 Å². The number of nitrogens with one attached hydrogen (secondary N) is 1. The van der Waals surface area contributed by atoms with Crippen LogP contribution in [0.25, 0.3) is 0 Å². The first kappa shape index (κ1) is 22.6. The maximum atomic E-state index is 15.0. The van der Waals surface area contributed by atoms with Crippen LogP contribution in [0.2, 0.25) is 0 Å². The van der Waals surface area contributed by atoms with Crippen LogP contribution in [0.5, 0.6) is 0 Å². The molecule has 33 heavy (non-hydrogen) atoms. The summed E-state index contributed by atoms with van der Waals surface area (Å²) in [4.78, 5) is 30.9. The molecular formula is C21H15F4N5O2S. The number of thiocarbonyl (C=S) groups is 1. The number of carbonyl (C=O) groups excluding carboxylic acids is 2. The molecule has 1 aliphatic carbocycles. The van der Waals surface area contributed by atoms with Gasteiger partial charge < -0.3 is 10.2 Å². The minimum absolute atomic E-state index is 0.0563. The summed E-state index contributed by atoms with van der Waals surface area (Å²) in [7, 11) is 1.39. The lowest BCUT2D eigenvalue weighted by molar-refractivity contribution is -0.138. The van der Waals surface area contributed by atoms with Crippen LogP contribution in [0.1, 0.15) is 40.9 Å². The van der Waals surface area contributed by atoms with Crippen molar-refractivity contribution in [1.29, 1.82) is 5.26 Å². The Balaban J connectivity index is 1.81. The van der Waals surface area contributed by atoms with Gasteiger partial charge in [0.25, 0.3) is 11.8 Å². The highest BCUT2D eigenvalue weighted by atomic mass is 32.1. The van der Waals surface area contributed by atoms with Crippen LogP contribution >= 0.6 is 12.2 Å². The van der Waals surface area contributed by atoms with Gasteiger partial charge in [0.05, 0.1) is 23.1 Å². The van der Waals surface area contributed by atoms with E-state index in [0.29, 0.717) is 25.3 Å². The molecular weight excluding hydrogens is 462 g/mol. The minimum atomic E-state index is -4.88. The van der Waals surface area contributed by atoms with E-state index in [1.54, 1.807) is 0 Å². The van der Waals surface area contributed by atoms with Crippen molar-refractivity contribution in [2.75, 3.05) is 16.8 Å². The molecule has 1 saturated carbocycles. The number of rotatable bonds is 3. The number of halogens is 4. The number of benzene rings is 1. The van der Waals surface area contributed by atoms with Gasteiger partial charge in [0, 0.05) is 12.6 Å². The molecule has 0 radical (unpaired) electrons. The molecule has 1 aromatic heterocycles. The quantitative estimate of drug-likeness (QED) is 0.538. The van der Waals surface area contributed by atoms with Crippen LogP contribution in [0.15, 0.2) is 30.5 Å². The van der Waals surface area contributed by atoms with E-state index in [4.69, 9.17) is 17.5 Å². The molecule has 0 bridgehead atoms. The Morgan fingerprint density at radius 2 is 2.00 bits per heavy atom. The third-order valence-electron chi connectivity index (χ3n) is 5.81. The number of carbonyl (C=O) groups is 2. The van der Waals surface area contributed by atoms with Gasteiger partial charge in [-0.2, -0.15) is 18.4 Å². The maximum absolute atomic E-state index is 15.0. The van der Waals surface area contributed by atoms with Crippen LogP contribution < -0.4 is 15.1 Å². The predicted molar refractivity (Wildman–Crippen MR) is 113 cm³/mol. The van der Waals surface area contributed by atoms with E-state index < -0.39 is 40.6 Å². The Labute approximate surface area is 190 Å². The average molecular weight is 477 g/mol. The van der Waals surface area contributed by atoms with E-state index >= 15 is 4.39 Å². The van der Waals surface area contributed by atoms with E-state index in [-0.39, 0.29) is 22.1 Å². The van der Waals surface area contributed by atoms with Crippen molar-refractivity contribution in [2.24, 2.45) is 0 Å². The van der Waals surface area contributed by atoms with E-state index in [1.165, 1.54) is 30.1 Å². The Morgan fingerprint density at radius 3 is 2.52 bits per heavy atom. The van der Waals surface area contributed by atoms with Crippen molar-refractivity contribution in [2.45, 2.75) is 31.0 Å². The molecule has 2 amide bonds. The fraction of sp³-hybridized carbons (Fsp3) is 0.286. The summed E-state index contributed by atoms with van der Waals surface area (Å²) in [5.74, 6) is -1.93. The molecule has 2 aromatic rings. The Bertz CT molecular complexity index is 1240. The third-order valence-corrected chi connectivity index (χ3v) is 6.18. The van der Waals surface area contributed by atoms with Gasteiger partial charge in [-0.1, -0.05) is 0 Å². The second-order valence-corrected chi connectivity index (χ2v) is 7.95. The van der Waals surface area contributed by atoms with Crippen molar-refractivity contribution in [1.82, 2.24) is 10.3 Å². The van der Waals surface area contributed by atoms with E-state index in [1.807, 2.05) is 0 Å². The molecule has 1 aliphatic heterocycles. The third kappa shape index (κ3) is 3.39. The number of hydrogen-bond acceptors (Lipinski definition) is 5. The summed E-state index contributed by atoms with van der Waals surface area (Å²) in [6, 6.07) is 5.69. The summed E-state index contributed by atoms with van der Waals surface area (Å²) in [6.07, 6.45) is -2.66. The standard InChI is InChI=1S/C21H15F4N5O2S/c1-27-17(31)11-3-4-16(14(22)7-11)30-19(33)29(18(32)20(30)5-2-6-20)12-8-13(21(23,24)25)15(9-26)28-10-12/h3-4,7-8,10H,2,5-6H2,1H3,(H,27,31). The van der Waals surface area contributed by atoms with Crippen LogP contribution in [0.3, 0.4) is 0 Å². The summed E-state index contributed by atoms with van der Waals surface area (Å²) >= 11 is 5.43. The van der Waals surface area contributed by atoms with Gasteiger partial charge in [-0.15, -0.1) is 0 Å². The number of aromatic nitrogens is 1. The SMILES string of the molecule is CNC(=O)c1ccc(N2C(=S)N(c3cnc(C#N)c(C(F)(F)F)c3)C(=O)C23CCC3)c(F)c1. The molecule has 4 rings (SSSR count). The first-order chi connectivity index (χ1) is 15.5. The van der Waals surface area contributed by atoms with Crippen LogP contribution in [0, 0.1) is 17.1 Å². The number of alkyl halides is 3. The number of anilines is 2. The van der Waals surface area contributed by atoms with Crippen molar-refractivity contribution < 1.29 is 27.2 Å². The summed E-state index contributed by atoms with van der Waals surface area (Å²) in [5.41, 5.74) is -3.68. The van der Waals surface area contributed by atoms with Crippen LogP contribution in [-0.2, 0) is 11.0 Å². The highest BCUT2D eigenvalue weighted by Crippen LogP contribution is 2.48. The largest absolute Gasteiger partial charge is 0.419 e. The number of nitriles is 1. The molecule has 0 unspecified atom stereocenters. The first-order valence-electron chi connectivity index (χ1n) is 9.73. The van der Waals surface area contributed by atoms with Gasteiger partial charge in [0.2, 0.25) is 0 Å². The van der Waals surface area contributed by atoms with Crippen LogP contribution in [0.4, 0.5) is 28.9 Å². The molecule has 2 aliphatic rings. The Kier molecular flexibility index (Phi) is 5.32. The molecule has 1 spiro atoms. The zero-order chi connectivity index (χ0) is 24.1. The molecule has 0 atom stereocenters. The smallest absolute Gasteiger partial charge is 0.355 e. The topological polar surface area (TPSA) is 89.3 Å². The summed E-state index contributed by atoms with van der Waals surface area (Å²) in [5, 5.41) is 11.1. The first-order valence-corrected chi connectivity index (χ1v) is 10.1. The number of pyridine rings is 1.